The number of benzene rings is 1. The fraction of sp³-hybridized carbons (Fsp3) is 0.267. The van der Waals surface area contributed by atoms with Crippen LogP contribution in [-0.2, 0) is 6.42 Å². The number of likely N-dealkylation sites (N-methyl/N-ethyl adjacent to an activating group) is 1. The van der Waals surface area contributed by atoms with Gasteiger partial charge in [-0.1, -0.05) is 0 Å². The lowest BCUT2D eigenvalue weighted by atomic mass is 10.1. The first-order valence-corrected chi connectivity index (χ1v) is 7.24. The molecule has 1 unspecified atom stereocenters. The summed E-state index contributed by atoms with van der Waals surface area (Å²) in [4.78, 5) is 4.29. The average molecular weight is 272 g/mol. The Kier molecular flexibility index (Phi) is 3.36. The molecule has 0 aliphatic carbocycles. The van der Waals surface area contributed by atoms with Gasteiger partial charge in [0.05, 0.1) is 15.7 Å². The molecule has 3 rings (SSSR count). The van der Waals surface area contributed by atoms with E-state index in [1.54, 1.807) is 11.3 Å². The monoisotopic (exact) mass is 272 g/mol. The van der Waals surface area contributed by atoms with Gasteiger partial charge in [-0.25, -0.2) is 4.98 Å². The van der Waals surface area contributed by atoms with E-state index in [0.717, 1.165) is 29.0 Å². The molecule has 0 saturated heterocycles. The summed E-state index contributed by atoms with van der Waals surface area (Å²) in [5.41, 5.74) is 4.03. The zero-order valence-electron chi connectivity index (χ0n) is 11.0. The maximum Gasteiger partial charge on any atom is 0.134 e. The summed E-state index contributed by atoms with van der Waals surface area (Å²) in [5, 5.41) is 3.22. The molecule has 3 aromatic rings. The quantitative estimate of drug-likeness (QED) is 0.787. The second-order valence-corrected chi connectivity index (χ2v) is 5.58. The zero-order valence-corrected chi connectivity index (χ0v) is 11.8. The SMILES string of the molecule is CNC(C)Cc1ccc(-c2ccc3ncsc3c2)o1. The van der Waals surface area contributed by atoms with E-state index in [1.807, 2.05) is 24.7 Å². The highest BCUT2D eigenvalue weighted by Gasteiger charge is 2.08. The molecule has 4 heteroatoms. The van der Waals surface area contributed by atoms with Gasteiger partial charge in [0.1, 0.15) is 11.5 Å². The summed E-state index contributed by atoms with van der Waals surface area (Å²) in [6.07, 6.45) is 0.902. The summed E-state index contributed by atoms with van der Waals surface area (Å²) >= 11 is 1.65. The fourth-order valence-corrected chi connectivity index (χ4v) is 2.77. The van der Waals surface area contributed by atoms with Gasteiger partial charge in [-0.3, -0.25) is 0 Å². The highest BCUT2D eigenvalue weighted by Crippen LogP contribution is 2.27. The molecule has 0 fully saturated rings. The predicted octanol–water partition coefficient (Wildman–Crippen LogP) is 3.71. The van der Waals surface area contributed by atoms with Crippen molar-refractivity contribution in [1.82, 2.24) is 10.3 Å². The third kappa shape index (κ3) is 2.55. The normalized spacial score (nSPS) is 12.9. The van der Waals surface area contributed by atoms with E-state index in [0.29, 0.717) is 6.04 Å². The Hall–Kier alpha value is -1.65. The minimum absolute atomic E-state index is 0.419. The van der Waals surface area contributed by atoms with Gasteiger partial charge in [-0.15, -0.1) is 11.3 Å². The van der Waals surface area contributed by atoms with Crippen LogP contribution >= 0.6 is 11.3 Å². The lowest BCUT2D eigenvalue weighted by Gasteiger charge is -2.06. The molecule has 1 aromatic carbocycles. The van der Waals surface area contributed by atoms with E-state index in [9.17, 15) is 0 Å². The van der Waals surface area contributed by atoms with Gasteiger partial charge in [-0.2, -0.15) is 0 Å². The van der Waals surface area contributed by atoms with Crippen molar-refractivity contribution in [2.24, 2.45) is 0 Å². The van der Waals surface area contributed by atoms with Gasteiger partial charge in [-0.05, 0) is 44.3 Å². The molecule has 0 spiro atoms. The van der Waals surface area contributed by atoms with Crippen LogP contribution < -0.4 is 5.32 Å². The van der Waals surface area contributed by atoms with Crippen molar-refractivity contribution in [1.29, 1.82) is 0 Å². The largest absolute Gasteiger partial charge is 0.461 e. The van der Waals surface area contributed by atoms with E-state index >= 15 is 0 Å². The number of aromatic nitrogens is 1. The van der Waals surface area contributed by atoms with Crippen LogP contribution in [0, 0.1) is 0 Å². The first-order chi connectivity index (χ1) is 9.26. The second-order valence-electron chi connectivity index (χ2n) is 4.69. The topological polar surface area (TPSA) is 38.1 Å². The van der Waals surface area contributed by atoms with Gasteiger partial charge in [0, 0.05) is 18.0 Å². The van der Waals surface area contributed by atoms with Gasteiger partial charge >= 0.3 is 0 Å². The Bertz CT molecular complexity index is 686. The predicted molar refractivity (Wildman–Crippen MR) is 79.5 cm³/mol. The van der Waals surface area contributed by atoms with Crippen LogP contribution in [-0.4, -0.2) is 18.1 Å². The van der Waals surface area contributed by atoms with Crippen molar-refractivity contribution in [3.63, 3.8) is 0 Å². The summed E-state index contributed by atoms with van der Waals surface area (Å²) in [7, 11) is 1.96. The number of thiazole rings is 1. The molecule has 1 N–H and O–H groups in total. The molecule has 98 valence electrons. The maximum absolute atomic E-state index is 5.91. The van der Waals surface area contributed by atoms with E-state index in [1.165, 1.54) is 4.70 Å². The summed E-state index contributed by atoms with van der Waals surface area (Å²) in [6, 6.07) is 10.8. The second kappa shape index (κ2) is 5.15. The highest BCUT2D eigenvalue weighted by molar-refractivity contribution is 7.16. The number of furan rings is 1. The lowest BCUT2D eigenvalue weighted by molar-refractivity contribution is 0.481. The molecule has 2 aromatic heterocycles. The van der Waals surface area contributed by atoms with E-state index in [4.69, 9.17) is 4.42 Å². The van der Waals surface area contributed by atoms with Crippen LogP contribution in [0.4, 0.5) is 0 Å². The minimum atomic E-state index is 0.419. The molecule has 0 aliphatic heterocycles. The Labute approximate surface area is 116 Å². The third-order valence-corrected chi connectivity index (χ3v) is 4.07. The molecule has 0 aliphatic rings. The van der Waals surface area contributed by atoms with Crippen molar-refractivity contribution in [2.45, 2.75) is 19.4 Å². The number of nitrogens with zero attached hydrogens (tertiary/aromatic N) is 1. The summed E-state index contributed by atoms with van der Waals surface area (Å²) < 4.78 is 7.11. The highest BCUT2D eigenvalue weighted by atomic mass is 32.1. The molecule has 2 heterocycles. The molecule has 0 radical (unpaired) electrons. The summed E-state index contributed by atoms with van der Waals surface area (Å²) in [6.45, 7) is 2.14. The van der Waals surface area contributed by atoms with Crippen molar-refractivity contribution < 1.29 is 4.42 Å². The Morgan fingerprint density at radius 1 is 1.32 bits per heavy atom. The van der Waals surface area contributed by atoms with Gasteiger partial charge in [0.2, 0.25) is 0 Å². The van der Waals surface area contributed by atoms with Gasteiger partial charge < -0.3 is 9.73 Å². The van der Waals surface area contributed by atoms with E-state index in [-0.39, 0.29) is 0 Å². The van der Waals surface area contributed by atoms with E-state index in [2.05, 4.69) is 35.4 Å². The summed E-state index contributed by atoms with van der Waals surface area (Å²) in [5.74, 6) is 1.94. The lowest BCUT2D eigenvalue weighted by Crippen LogP contribution is -2.23. The maximum atomic E-state index is 5.91. The first-order valence-electron chi connectivity index (χ1n) is 6.36. The molecule has 3 nitrogen and oxygen atoms in total. The smallest absolute Gasteiger partial charge is 0.134 e. The number of hydrogen-bond acceptors (Lipinski definition) is 4. The Morgan fingerprint density at radius 2 is 2.21 bits per heavy atom. The molecule has 0 bridgehead atoms. The zero-order chi connectivity index (χ0) is 13.2. The molecule has 0 amide bonds. The molecule has 19 heavy (non-hydrogen) atoms. The Morgan fingerprint density at radius 3 is 3.05 bits per heavy atom. The van der Waals surface area contributed by atoms with Crippen LogP contribution in [0.25, 0.3) is 21.5 Å². The Balaban J connectivity index is 1.89. The number of rotatable bonds is 4. The number of hydrogen-bond donors (Lipinski definition) is 1. The van der Waals surface area contributed by atoms with Crippen LogP contribution in [0.3, 0.4) is 0 Å². The number of nitrogens with one attached hydrogen (secondary N) is 1. The van der Waals surface area contributed by atoms with Crippen molar-refractivity contribution in [2.75, 3.05) is 7.05 Å². The van der Waals surface area contributed by atoms with Crippen molar-refractivity contribution >= 4 is 21.6 Å². The first kappa shape index (κ1) is 12.4. The minimum Gasteiger partial charge on any atom is -0.461 e. The fourth-order valence-electron chi connectivity index (χ4n) is 2.05. The number of fused-ring (bicyclic) bond motifs is 1. The van der Waals surface area contributed by atoms with Crippen LogP contribution in [0.1, 0.15) is 12.7 Å². The molecule has 1 atom stereocenters. The third-order valence-electron chi connectivity index (χ3n) is 3.28. The molecular formula is C15H16N2OS. The van der Waals surface area contributed by atoms with E-state index < -0.39 is 0 Å². The van der Waals surface area contributed by atoms with Crippen molar-refractivity contribution in [3.05, 3.63) is 41.6 Å². The average Bonchev–Trinajstić information content (AvgIpc) is 3.05. The standard InChI is InChI=1S/C15H16N2OS/c1-10(16-2)7-12-4-6-14(18-12)11-3-5-13-15(8-11)19-9-17-13/h3-6,8-10,16H,7H2,1-2H3. The molecule has 0 saturated carbocycles. The van der Waals surface area contributed by atoms with Gasteiger partial charge in [0.15, 0.2) is 0 Å². The van der Waals surface area contributed by atoms with Crippen molar-refractivity contribution in [3.8, 4) is 11.3 Å². The van der Waals surface area contributed by atoms with Crippen LogP contribution in [0.15, 0.2) is 40.3 Å². The van der Waals surface area contributed by atoms with Gasteiger partial charge in [0.25, 0.3) is 0 Å². The molecular weight excluding hydrogens is 256 g/mol. The van der Waals surface area contributed by atoms with Crippen LogP contribution in [0.5, 0.6) is 0 Å². The van der Waals surface area contributed by atoms with Crippen LogP contribution in [0.2, 0.25) is 0 Å².